The fourth-order valence-corrected chi connectivity index (χ4v) is 3.65. The van der Waals surface area contributed by atoms with Gasteiger partial charge in [0.1, 0.15) is 12.0 Å². The molecule has 1 saturated heterocycles. The lowest BCUT2D eigenvalue weighted by molar-refractivity contribution is -0.136. The number of fused-ring (bicyclic) bond motifs is 1. The molecule has 2 heterocycles. The zero-order valence-electron chi connectivity index (χ0n) is 16.5. The molecule has 0 spiro atoms. The van der Waals surface area contributed by atoms with E-state index in [1.54, 1.807) is 19.1 Å². The molecule has 2 aromatic rings. The molecule has 148 valence electrons. The van der Waals surface area contributed by atoms with E-state index in [9.17, 15) is 14.4 Å². The van der Waals surface area contributed by atoms with Crippen LogP contribution in [0.4, 0.5) is 11.4 Å². The number of benzene rings is 2. The van der Waals surface area contributed by atoms with Crippen LogP contribution in [0.3, 0.4) is 0 Å². The van der Waals surface area contributed by atoms with Crippen molar-refractivity contribution >= 4 is 34.9 Å². The number of anilines is 2. The van der Waals surface area contributed by atoms with Crippen molar-refractivity contribution in [1.82, 2.24) is 0 Å². The number of ether oxygens (including phenoxy) is 1. The SMILES string of the molecule is CCOC(=O)C1=NN(c2ccc(C)cc2)[C@H]2C(=O)N(c3ccc(C)cc3)C(=O)[C@@H]12. The Hall–Kier alpha value is -3.48. The van der Waals surface area contributed by atoms with Gasteiger partial charge in [-0.3, -0.25) is 14.6 Å². The topological polar surface area (TPSA) is 79.3 Å². The van der Waals surface area contributed by atoms with E-state index in [1.807, 2.05) is 50.2 Å². The lowest BCUT2D eigenvalue weighted by atomic mass is 9.97. The average molecular weight is 391 g/mol. The quantitative estimate of drug-likeness (QED) is 0.591. The van der Waals surface area contributed by atoms with Gasteiger partial charge in [-0.1, -0.05) is 35.4 Å². The lowest BCUT2D eigenvalue weighted by Crippen LogP contribution is -2.39. The van der Waals surface area contributed by atoms with Gasteiger partial charge in [0.15, 0.2) is 5.71 Å². The molecule has 0 unspecified atom stereocenters. The van der Waals surface area contributed by atoms with Gasteiger partial charge in [-0.05, 0) is 45.0 Å². The first-order chi connectivity index (χ1) is 13.9. The Labute approximate surface area is 168 Å². The molecule has 7 nitrogen and oxygen atoms in total. The minimum absolute atomic E-state index is 0.0367. The van der Waals surface area contributed by atoms with Crippen molar-refractivity contribution in [2.24, 2.45) is 11.0 Å². The molecule has 0 aromatic heterocycles. The maximum absolute atomic E-state index is 13.3. The first-order valence-electron chi connectivity index (χ1n) is 9.48. The number of carbonyl (C=O) groups excluding carboxylic acids is 3. The predicted molar refractivity (Wildman–Crippen MR) is 109 cm³/mol. The van der Waals surface area contributed by atoms with Gasteiger partial charge in [0.05, 0.1) is 18.0 Å². The van der Waals surface area contributed by atoms with Gasteiger partial charge in [0.25, 0.3) is 5.91 Å². The monoisotopic (exact) mass is 391 g/mol. The molecule has 29 heavy (non-hydrogen) atoms. The molecule has 2 aromatic carbocycles. The molecular formula is C22H21N3O4. The van der Waals surface area contributed by atoms with Gasteiger partial charge in [-0.2, -0.15) is 5.10 Å². The number of esters is 1. The molecule has 0 bridgehead atoms. The summed E-state index contributed by atoms with van der Waals surface area (Å²) in [7, 11) is 0. The fourth-order valence-electron chi connectivity index (χ4n) is 3.65. The number of hydrogen-bond donors (Lipinski definition) is 0. The third-order valence-corrected chi connectivity index (χ3v) is 5.12. The third kappa shape index (κ3) is 3.08. The largest absolute Gasteiger partial charge is 0.461 e. The summed E-state index contributed by atoms with van der Waals surface area (Å²) < 4.78 is 5.10. The van der Waals surface area contributed by atoms with Crippen LogP contribution in [0.15, 0.2) is 53.6 Å². The van der Waals surface area contributed by atoms with Crippen molar-refractivity contribution < 1.29 is 19.1 Å². The van der Waals surface area contributed by atoms with Crippen LogP contribution in [0.5, 0.6) is 0 Å². The molecule has 7 heteroatoms. The van der Waals surface area contributed by atoms with E-state index in [0.29, 0.717) is 11.4 Å². The third-order valence-electron chi connectivity index (χ3n) is 5.12. The number of hydrazone groups is 1. The molecule has 0 aliphatic carbocycles. The number of carbonyl (C=O) groups is 3. The Kier molecular flexibility index (Phi) is 4.66. The van der Waals surface area contributed by atoms with Crippen molar-refractivity contribution in [2.45, 2.75) is 26.8 Å². The summed E-state index contributed by atoms with van der Waals surface area (Å²) >= 11 is 0. The Morgan fingerprint density at radius 2 is 1.48 bits per heavy atom. The number of nitrogens with zero attached hydrogens (tertiary/aromatic N) is 3. The molecular weight excluding hydrogens is 370 g/mol. The standard InChI is InChI=1S/C22H21N3O4/c1-4-29-22(28)18-17-19(25(23-18)16-11-7-14(3)8-12-16)21(27)24(20(17)26)15-9-5-13(2)6-10-15/h5-12,17,19H,4H2,1-3H3/t17-,19+/m0/s1. The van der Waals surface area contributed by atoms with Crippen LogP contribution in [0.1, 0.15) is 18.1 Å². The average Bonchev–Trinajstić information content (AvgIpc) is 3.21. The van der Waals surface area contributed by atoms with Crippen LogP contribution >= 0.6 is 0 Å². The van der Waals surface area contributed by atoms with E-state index in [1.165, 1.54) is 5.01 Å². The van der Waals surface area contributed by atoms with E-state index < -0.39 is 29.7 Å². The number of rotatable bonds is 4. The summed E-state index contributed by atoms with van der Waals surface area (Å²) in [6, 6.07) is 13.6. The molecule has 2 aliphatic rings. The van der Waals surface area contributed by atoms with Crippen molar-refractivity contribution in [3.63, 3.8) is 0 Å². The summed E-state index contributed by atoms with van der Waals surface area (Å²) in [4.78, 5) is 40.2. The first kappa shape index (κ1) is 18.9. The normalized spacial score (nSPS) is 20.7. The molecule has 0 saturated carbocycles. The van der Waals surface area contributed by atoms with Crippen molar-refractivity contribution in [3.8, 4) is 0 Å². The Balaban J connectivity index is 1.78. The van der Waals surface area contributed by atoms with E-state index in [2.05, 4.69) is 5.10 Å². The van der Waals surface area contributed by atoms with E-state index in [4.69, 9.17) is 4.74 Å². The van der Waals surface area contributed by atoms with Gasteiger partial charge < -0.3 is 4.74 Å². The van der Waals surface area contributed by atoms with Crippen LogP contribution in [0.2, 0.25) is 0 Å². The van der Waals surface area contributed by atoms with Crippen molar-refractivity contribution in [3.05, 3.63) is 59.7 Å². The number of aryl methyl sites for hydroxylation is 2. The second kappa shape index (κ2) is 7.16. The van der Waals surface area contributed by atoms with Gasteiger partial charge in [0, 0.05) is 0 Å². The Morgan fingerprint density at radius 3 is 2.03 bits per heavy atom. The highest BCUT2D eigenvalue weighted by atomic mass is 16.5. The smallest absolute Gasteiger partial charge is 0.355 e. The van der Waals surface area contributed by atoms with Crippen LogP contribution < -0.4 is 9.91 Å². The number of hydrogen-bond acceptors (Lipinski definition) is 6. The van der Waals surface area contributed by atoms with Gasteiger partial charge in [-0.25, -0.2) is 9.69 Å². The van der Waals surface area contributed by atoms with E-state index in [-0.39, 0.29) is 12.3 Å². The van der Waals surface area contributed by atoms with Crippen LogP contribution in [-0.4, -0.2) is 36.1 Å². The van der Waals surface area contributed by atoms with Crippen LogP contribution in [0, 0.1) is 19.8 Å². The van der Waals surface area contributed by atoms with E-state index in [0.717, 1.165) is 16.0 Å². The van der Waals surface area contributed by atoms with Gasteiger partial charge >= 0.3 is 5.97 Å². The van der Waals surface area contributed by atoms with Crippen molar-refractivity contribution in [1.29, 1.82) is 0 Å². The van der Waals surface area contributed by atoms with Crippen LogP contribution in [0.25, 0.3) is 0 Å². The molecule has 0 radical (unpaired) electrons. The Bertz CT molecular complexity index is 1010. The lowest BCUT2D eigenvalue weighted by Gasteiger charge is -2.22. The molecule has 4 rings (SSSR count). The van der Waals surface area contributed by atoms with E-state index >= 15 is 0 Å². The van der Waals surface area contributed by atoms with Crippen LogP contribution in [-0.2, 0) is 19.1 Å². The zero-order chi connectivity index (χ0) is 20.7. The minimum atomic E-state index is -0.996. The zero-order valence-corrected chi connectivity index (χ0v) is 16.5. The maximum atomic E-state index is 13.3. The maximum Gasteiger partial charge on any atom is 0.355 e. The second-order valence-corrected chi connectivity index (χ2v) is 7.16. The van der Waals surface area contributed by atoms with Crippen molar-refractivity contribution in [2.75, 3.05) is 16.5 Å². The predicted octanol–water partition coefficient (Wildman–Crippen LogP) is 2.60. The molecule has 2 amide bonds. The summed E-state index contributed by atoms with van der Waals surface area (Å²) in [5.74, 6) is -2.55. The summed E-state index contributed by atoms with van der Waals surface area (Å²) in [5.41, 5.74) is 3.14. The minimum Gasteiger partial charge on any atom is -0.461 e. The first-order valence-corrected chi connectivity index (χ1v) is 9.48. The van der Waals surface area contributed by atoms with Gasteiger partial charge in [-0.15, -0.1) is 0 Å². The fraction of sp³-hybridized carbons (Fsp3) is 0.273. The van der Waals surface area contributed by atoms with Gasteiger partial charge in [0.2, 0.25) is 5.91 Å². The molecule has 2 aliphatic heterocycles. The summed E-state index contributed by atoms with van der Waals surface area (Å²) in [5, 5.41) is 5.80. The summed E-state index contributed by atoms with van der Waals surface area (Å²) in [6.07, 6.45) is 0. The highest BCUT2D eigenvalue weighted by Gasteiger charge is 2.59. The highest BCUT2D eigenvalue weighted by Crippen LogP contribution is 2.38. The Morgan fingerprint density at radius 1 is 0.931 bits per heavy atom. The second-order valence-electron chi connectivity index (χ2n) is 7.16. The number of amides is 2. The highest BCUT2D eigenvalue weighted by molar-refractivity contribution is 6.47. The molecule has 1 fully saturated rings. The molecule has 0 N–H and O–H groups in total. The summed E-state index contributed by atoms with van der Waals surface area (Å²) in [6.45, 7) is 5.72. The molecule has 2 atom stereocenters. The number of imide groups is 1.